The lowest BCUT2D eigenvalue weighted by Gasteiger charge is -2.31. The number of nitrogens with one attached hydrogen (secondary N) is 1. The Labute approximate surface area is 198 Å². The summed E-state index contributed by atoms with van der Waals surface area (Å²) in [6.07, 6.45) is 2.28. The summed E-state index contributed by atoms with van der Waals surface area (Å²) in [7, 11) is 1.62. The highest BCUT2D eigenvalue weighted by Gasteiger charge is 2.28. The standard InChI is InChI=1S/C27H38N2O4/c1-6-21(4)28-27(31)25(7-2)29(19-22-12-10-20(3)11-13-22)26(30)9-8-18-33-24-16-14-23(32-5)15-17-24/h10-17,21,25H,6-9,18-19H2,1-5H3,(H,28,31)/t21-,25+/m1/s1. The molecule has 0 aliphatic heterocycles. The molecule has 6 nitrogen and oxygen atoms in total. The number of carbonyl (C=O) groups excluding carboxylic acids is 2. The second-order valence-corrected chi connectivity index (χ2v) is 8.38. The normalized spacial score (nSPS) is 12.5. The van der Waals surface area contributed by atoms with Gasteiger partial charge >= 0.3 is 0 Å². The van der Waals surface area contributed by atoms with Crippen LogP contribution in [0.15, 0.2) is 48.5 Å². The first-order valence-electron chi connectivity index (χ1n) is 11.8. The predicted octanol–water partition coefficient (Wildman–Crippen LogP) is 4.88. The van der Waals surface area contributed by atoms with E-state index in [2.05, 4.69) is 5.32 Å². The zero-order chi connectivity index (χ0) is 24.2. The van der Waals surface area contributed by atoms with Crippen LogP contribution in [-0.2, 0) is 16.1 Å². The van der Waals surface area contributed by atoms with Crippen molar-refractivity contribution in [3.05, 3.63) is 59.7 Å². The average molecular weight is 455 g/mol. The van der Waals surface area contributed by atoms with E-state index in [1.165, 1.54) is 0 Å². The third-order valence-corrected chi connectivity index (χ3v) is 5.72. The maximum Gasteiger partial charge on any atom is 0.243 e. The van der Waals surface area contributed by atoms with E-state index in [4.69, 9.17) is 9.47 Å². The first-order chi connectivity index (χ1) is 15.9. The van der Waals surface area contributed by atoms with Gasteiger partial charge in [-0.3, -0.25) is 9.59 Å². The van der Waals surface area contributed by atoms with Crippen LogP contribution in [0.4, 0.5) is 0 Å². The largest absolute Gasteiger partial charge is 0.497 e. The second-order valence-electron chi connectivity index (χ2n) is 8.38. The lowest BCUT2D eigenvalue weighted by atomic mass is 10.1. The van der Waals surface area contributed by atoms with Gasteiger partial charge in [-0.25, -0.2) is 0 Å². The van der Waals surface area contributed by atoms with E-state index >= 15 is 0 Å². The molecule has 180 valence electrons. The van der Waals surface area contributed by atoms with Crippen LogP contribution in [0.25, 0.3) is 0 Å². The van der Waals surface area contributed by atoms with Crippen molar-refractivity contribution in [3.8, 4) is 11.5 Å². The van der Waals surface area contributed by atoms with E-state index in [9.17, 15) is 9.59 Å². The van der Waals surface area contributed by atoms with Crippen LogP contribution >= 0.6 is 0 Å². The minimum atomic E-state index is -0.504. The molecule has 0 aromatic heterocycles. The molecule has 0 heterocycles. The van der Waals surface area contributed by atoms with E-state index in [1.807, 2.05) is 76.2 Å². The summed E-state index contributed by atoms with van der Waals surface area (Å²) in [5.41, 5.74) is 2.17. The SMILES string of the molecule is CC[C@@H](C)NC(=O)[C@H](CC)N(Cc1ccc(C)cc1)C(=O)CCCOc1ccc(OC)cc1. The van der Waals surface area contributed by atoms with Gasteiger partial charge < -0.3 is 19.7 Å². The van der Waals surface area contributed by atoms with Gasteiger partial charge in [-0.15, -0.1) is 0 Å². The van der Waals surface area contributed by atoms with Gasteiger partial charge in [0.15, 0.2) is 0 Å². The van der Waals surface area contributed by atoms with Crippen LogP contribution in [0.1, 0.15) is 57.6 Å². The molecular formula is C27H38N2O4. The fourth-order valence-corrected chi connectivity index (χ4v) is 3.48. The molecule has 0 aliphatic rings. The van der Waals surface area contributed by atoms with Crippen molar-refractivity contribution in [3.63, 3.8) is 0 Å². The Balaban J connectivity index is 2.04. The summed E-state index contributed by atoms with van der Waals surface area (Å²) in [6.45, 7) is 8.82. The van der Waals surface area contributed by atoms with Gasteiger partial charge in [0.25, 0.3) is 0 Å². The summed E-state index contributed by atoms with van der Waals surface area (Å²) in [6, 6.07) is 15.0. The van der Waals surface area contributed by atoms with Crippen LogP contribution in [0.3, 0.4) is 0 Å². The Morgan fingerprint density at radius 1 is 0.970 bits per heavy atom. The summed E-state index contributed by atoms with van der Waals surface area (Å²) in [4.78, 5) is 27.9. The number of hydrogen-bond donors (Lipinski definition) is 1. The van der Waals surface area contributed by atoms with E-state index < -0.39 is 6.04 Å². The van der Waals surface area contributed by atoms with Gasteiger partial charge in [-0.1, -0.05) is 43.7 Å². The Morgan fingerprint density at radius 2 is 1.61 bits per heavy atom. The van der Waals surface area contributed by atoms with Crippen molar-refractivity contribution in [1.82, 2.24) is 10.2 Å². The lowest BCUT2D eigenvalue weighted by Crippen LogP contribution is -2.50. The molecule has 0 radical (unpaired) electrons. The average Bonchev–Trinajstić information content (AvgIpc) is 2.83. The lowest BCUT2D eigenvalue weighted by molar-refractivity contribution is -0.141. The summed E-state index contributed by atoms with van der Waals surface area (Å²) < 4.78 is 10.9. The van der Waals surface area contributed by atoms with Crippen molar-refractivity contribution in [2.75, 3.05) is 13.7 Å². The maximum absolute atomic E-state index is 13.2. The number of amides is 2. The molecule has 0 unspecified atom stereocenters. The first-order valence-corrected chi connectivity index (χ1v) is 11.8. The van der Waals surface area contributed by atoms with Crippen molar-refractivity contribution in [2.24, 2.45) is 0 Å². The van der Waals surface area contributed by atoms with Crippen LogP contribution in [0.5, 0.6) is 11.5 Å². The fraction of sp³-hybridized carbons (Fsp3) is 0.481. The molecule has 2 rings (SSSR count). The van der Waals surface area contributed by atoms with E-state index in [-0.39, 0.29) is 17.9 Å². The van der Waals surface area contributed by atoms with Crippen molar-refractivity contribution < 1.29 is 19.1 Å². The summed E-state index contributed by atoms with van der Waals surface area (Å²) >= 11 is 0. The number of nitrogens with zero attached hydrogens (tertiary/aromatic N) is 1. The highest BCUT2D eigenvalue weighted by Crippen LogP contribution is 2.18. The molecule has 33 heavy (non-hydrogen) atoms. The molecule has 0 aliphatic carbocycles. The van der Waals surface area contributed by atoms with Crippen LogP contribution < -0.4 is 14.8 Å². The smallest absolute Gasteiger partial charge is 0.243 e. The van der Waals surface area contributed by atoms with Crippen LogP contribution in [-0.4, -0.2) is 42.5 Å². The molecule has 6 heteroatoms. The third-order valence-electron chi connectivity index (χ3n) is 5.72. The Kier molecular flexibility index (Phi) is 10.7. The molecule has 0 saturated carbocycles. The first kappa shape index (κ1) is 26.2. The number of methoxy groups -OCH3 is 1. The number of aryl methyl sites for hydroxylation is 1. The maximum atomic E-state index is 13.2. The second kappa shape index (κ2) is 13.5. The molecule has 2 atom stereocenters. The monoisotopic (exact) mass is 454 g/mol. The van der Waals surface area contributed by atoms with Crippen molar-refractivity contribution in [1.29, 1.82) is 0 Å². The zero-order valence-corrected chi connectivity index (χ0v) is 20.6. The number of benzene rings is 2. The molecule has 0 fully saturated rings. The van der Waals surface area contributed by atoms with Gasteiger partial charge in [-0.2, -0.15) is 0 Å². The zero-order valence-electron chi connectivity index (χ0n) is 20.6. The molecule has 0 bridgehead atoms. The molecule has 2 aromatic rings. The van der Waals surface area contributed by atoms with E-state index in [1.54, 1.807) is 12.0 Å². The minimum Gasteiger partial charge on any atom is -0.497 e. The number of hydrogen-bond acceptors (Lipinski definition) is 4. The van der Waals surface area contributed by atoms with E-state index in [0.29, 0.717) is 32.4 Å². The highest BCUT2D eigenvalue weighted by atomic mass is 16.5. The quantitative estimate of drug-likeness (QED) is 0.438. The summed E-state index contributed by atoms with van der Waals surface area (Å²) in [5.74, 6) is 1.37. The Morgan fingerprint density at radius 3 is 2.18 bits per heavy atom. The van der Waals surface area contributed by atoms with Gasteiger partial charge in [-0.05, 0) is 62.9 Å². The minimum absolute atomic E-state index is 0.0416. The highest BCUT2D eigenvalue weighted by molar-refractivity contribution is 5.87. The van der Waals surface area contributed by atoms with Gasteiger partial charge in [0.05, 0.1) is 13.7 Å². The molecule has 2 amide bonds. The van der Waals surface area contributed by atoms with Gasteiger partial charge in [0.2, 0.25) is 11.8 Å². The predicted molar refractivity (Wildman–Crippen MR) is 131 cm³/mol. The third kappa shape index (κ3) is 8.44. The van der Waals surface area contributed by atoms with Gasteiger partial charge in [0, 0.05) is 19.0 Å². The molecule has 0 spiro atoms. The number of carbonyl (C=O) groups is 2. The number of rotatable bonds is 13. The summed E-state index contributed by atoms with van der Waals surface area (Å²) in [5, 5.41) is 3.04. The molecule has 1 N–H and O–H groups in total. The Bertz CT molecular complexity index is 865. The molecular weight excluding hydrogens is 416 g/mol. The topological polar surface area (TPSA) is 67.9 Å². The van der Waals surface area contributed by atoms with Crippen LogP contribution in [0.2, 0.25) is 0 Å². The van der Waals surface area contributed by atoms with Gasteiger partial charge in [0.1, 0.15) is 17.5 Å². The van der Waals surface area contributed by atoms with Crippen LogP contribution in [0, 0.1) is 6.92 Å². The Hall–Kier alpha value is -3.02. The van der Waals surface area contributed by atoms with E-state index in [0.717, 1.165) is 29.0 Å². The number of ether oxygens (including phenoxy) is 2. The van der Waals surface area contributed by atoms with Crippen molar-refractivity contribution >= 4 is 11.8 Å². The van der Waals surface area contributed by atoms with Crippen molar-refractivity contribution in [2.45, 2.75) is 72.0 Å². The molecule has 2 aromatic carbocycles. The fourth-order valence-electron chi connectivity index (χ4n) is 3.48. The molecule has 0 saturated heterocycles.